The highest BCUT2D eigenvalue weighted by Crippen LogP contribution is 2.11. The minimum Gasteiger partial charge on any atom is -0.444 e. The van der Waals surface area contributed by atoms with E-state index in [2.05, 4.69) is 5.32 Å². The summed E-state index contributed by atoms with van der Waals surface area (Å²) >= 11 is 0. The summed E-state index contributed by atoms with van der Waals surface area (Å²) < 4.78 is 16.3. The number of carbonyl (C=O) groups is 1. The molecule has 0 aromatic rings. The summed E-state index contributed by atoms with van der Waals surface area (Å²) in [6.45, 7) is 12.5. The summed E-state index contributed by atoms with van der Waals surface area (Å²) in [5.74, 6) is 0. The van der Waals surface area contributed by atoms with Crippen LogP contribution in [0.25, 0.3) is 0 Å². The Morgan fingerprint density at radius 3 is 2.24 bits per heavy atom. The summed E-state index contributed by atoms with van der Waals surface area (Å²) in [5.41, 5.74) is -0.560. The molecule has 0 rings (SSSR count). The highest BCUT2D eigenvalue weighted by atomic mass is 16.7. The summed E-state index contributed by atoms with van der Waals surface area (Å²) in [4.78, 5) is 12.0. The van der Waals surface area contributed by atoms with Gasteiger partial charge in [-0.05, 0) is 47.5 Å². The molecule has 6 nitrogen and oxygen atoms in total. The summed E-state index contributed by atoms with van der Waals surface area (Å²) in [6, 6.07) is -0.305. The molecule has 0 saturated heterocycles. The van der Waals surface area contributed by atoms with Crippen molar-refractivity contribution in [2.45, 2.75) is 91.3 Å². The number of hydrogen-bond donors (Lipinski definition) is 2. The van der Waals surface area contributed by atoms with E-state index in [0.29, 0.717) is 32.5 Å². The van der Waals surface area contributed by atoms with Crippen molar-refractivity contribution in [1.82, 2.24) is 5.32 Å². The maximum Gasteiger partial charge on any atom is 0.408 e. The van der Waals surface area contributed by atoms with E-state index in [0.717, 1.165) is 6.42 Å². The van der Waals surface area contributed by atoms with Crippen molar-refractivity contribution in [1.29, 1.82) is 0 Å². The monoisotopic (exact) mass is 359 g/mol. The van der Waals surface area contributed by atoms with Gasteiger partial charge < -0.3 is 24.6 Å². The molecule has 6 heteroatoms. The normalized spacial score (nSPS) is 14.7. The lowest BCUT2D eigenvalue weighted by Crippen LogP contribution is -2.39. The number of hydrogen-bond acceptors (Lipinski definition) is 5. The lowest BCUT2D eigenvalue weighted by Gasteiger charge is -2.23. The second-order valence-electron chi connectivity index (χ2n) is 6.94. The first-order valence-corrected chi connectivity index (χ1v) is 9.29. The number of nitrogens with one attached hydrogen (secondary N) is 1. The molecule has 0 aliphatic carbocycles. The molecular weight excluding hydrogens is 322 g/mol. The first-order valence-electron chi connectivity index (χ1n) is 9.29. The summed E-state index contributed by atoms with van der Waals surface area (Å²) in [7, 11) is 0. The third-order valence-corrected chi connectivity index (χ3v) is 3.25. The molecule has 0 saturated carbocycles. The molecule has 2 atom stereocenters. The molecular formula is C19H37NO5. The van der Waals surface area contributed by atoms with Crippen molar-refractivity contribution in [3.8, 4) is 0 Å². The summed E-state index contributed by atoms with van der Waals surface area (Å²) in [6.07, 6.45) is 5.14. The average molecular weight is 360 g/mol. The molecule has 0 aliphatic heterocycles. The molecule has 0 aromatic heterocycles. The van der Waals surface area contributed by atoms with E-state index in [1.807, 2.05) is 53.7 Å². The van der Waals surface area contributed by atoms with E-state index in [1.165, 1.54) is 0 Å². The quantitative estimate of drug-likeness (QED) is 0.410. The first-order chi connectivity index (χ1) is 11.7. The summed E-state index contributed by atoms with van der Waals surface area (Å²) in [5, 5.41) is 12.9. The van der Waals surface area contributed by atoms with Gasteiger partial charge in [0.15, 0.2) is 6.29 Å². The fourth-order valence-corrected chi connectivity index (χ4v) is 2.30. The lowest BCUT2D eigenvalue weighted by molar-refractivity contribution is -0.133. The molecule has 1 amide bonds. The predicted octanol–water partition coefficient (Wildman–Crippen LogP) is 3.78. The van der Waals surface area contributed by atoms with Crippen molar-refractivity contribution >= 4 is 6.09 Å². The van der Waals surface area contributed by atoms with Gasteiger partial charge in [0.25, 0.3) is 0 Å². The smallest absolute Gasteiger partial charge is 0.408 e. The zero-order valence-electron chi connectivity index (χ0n) is 16.7. The van der Waals surface area contributed by atoms with Gasteiger partial charge in [0.05, 0.1) is 12.1 Å². The molecule has 2 N–H and O–H groups in total. The maximum absolute atomic E-state index is 12.0. The third kappa shape index (κ3) is 13.8. The lowest BCUT2D eigenvalue weighted by atomic mass is 10.0. The predicted molar refractivity (Wildman–Crippen MR) is 99.5 cm³/mol. The van der Waals surface area contributed by atoms with Crippen molar-refractivity contribution < 1.29 is 24.1 Å². The zero-order valence-corrected chi connectivity index (χ0v) is 16.7. The standard InChI is InChI=1S/C19H37NO5/c1-7-11-16(21)14-15(20-18(22)25-19(4,5)6)12-10-13-17(23-8-2)24-9-3/h10,12,15-17,21H,7-9,11,13-14H2,1-6H3,(H,20,22)/b12-10-/t15-,16+/m0/s1. The second-order valence-corrected chi connectivity index (χ2v) is 6.94. The van der Waals surface area contributed by atoms with Gasteiger partial charge in [-0.25, -0.2) is 4.79 Å². The Kier molecular flexibility index (Phi) is 12.6. The van der Waals surface area contributed by atoms with E-state index in [4.69, 9.17) is 14.2 Å². The van der Waals surface area contributed by atoms with Gasteiger partial charge in [0.2, 0.25) is 0 Å². The number of amides is 1. The van der Waals surface area contributed by atoms with Crippen LogP contribution < -0.4 is 5.32 Å². The topological polar surface area (TPSA) is 77.0 Å². The van der Waals surface area contributed by atoms with E-state index in [9.17, 15) is 9.90 Å². The Morgan fingerprint density at radius 1 is 1.16 bits per heavy atom. The van der Waals surface area contributed by atoms with Crippen LogP contribution >= 0.6 is 0 Å². The minimum atomic E-state index is -0.560. The van der Waals surface area contributed by atoms with Crippen LogP contribution in [0, 0.1) is 0 Å². The molecule has 0 unspecified atom stereocenters. The number of alkyl carbamates (subject to hydrolysis) is 1. The molecule has 0 heterocycles. The molecule has 0 aromatic carbocycles. The van der Waals surface area contributed by atoms with Gasteiger partial charge in [-0.1, -0.05) is 25.5 Å². The molecule has 0 radical (unpaired) electrons. The molecule has 148 valence electrons. The van der Waals surface area contributed by atoms with Crippen LogP contribution in [0.1, 0.15) is 67.2 Å². The second kappa shape index (κ2) is 13.1. The highest BCUT2D eigenvalue weighted by Gasteiger charge is 2.20. The Labute approximate surface area is 152 Å². The Hall–Kier alpha value is -1.11. The first kappa shape index (κ1) is 23.9. The van der Waals surface area contributed by atoms with Crippen LogP contribution in [0.15, 0.2) is 12.2 Å². The number of ether oxygens (including phenoxy) is 3. The van der Waals surface area contributed by atoms with Crippen LogP contribution in [0.4, 0.5) is 4.79 Å². The van der Waals surface area contributed by atoms with Crippen LogP contribution in [0.5, 0.6) is 0 Å². The van der Waals surface area contributed by atoms with Crippen molar-refractivity contribution in [3.63, 3.8) is 0 Å². The Morgan fingerprint density at radius 2 is 1.76 bits per heavy atom. The van der Waals surface area contributed by atoms with Gasteiger partial charge in [0.1, 0.15) is 5.60 Å². The van der Waals surface area contributed by atoms with E-state index >= 15 is 0 Å². The van der Waals surface area contributed by atoms with Gasteiger partial charge in [-0.2, -0.15) is 0 Å². The largest absolute Gasteiger partial charge is 0.444 e. The minimum absolute atomic E-state index is 0.297. The molecule has 0 bridgehead atoms. The molecule has 0 spiro atoms. The van der Waals surface area contributed by atoms with Gasteiger partial charge in [0, 0.05) is 19.6 Å². The molecule has 25 heavy (non-hydrogen) atoms. The van der Waals surface area contributed by atoms with E-state index in [-0.39, 0.29) is 12.3 Å². The number of aliphatic hydroxyl groups excluding tert-OH is 1. The van der Waals surface area contributed by atoms with Gasteiger partial charge in [-0.15, -0.1) is 0 Å². The molecule has 0 aliphatic rings. The Bertz CT molecular complexity index is 373. The Balaban J connectivity index is 4.75. The average Bonchev–Trinajstić information content (AvgIpc) is 2.45. The number of rotatable bonds is 12. The van der Waals surface area contributed by atoms with E-state index < -0.39 is 17.8 Å². The van der Waals surface area contributed by atoms with Crippen molar-refractivity contribution in [2.75, 3.05) is 13.2 Å². The zero-order chi connectivity index (χ0) is 19.3. The van der Waals surface area contributed by atoms with Crippen molar-refractivity contribution in [2.24, 2.45) is 0 Å². The highest BCUT2D eigenvalue weighted by molar-refractivity contribution is 5.68. The van der Waals surface area contributed by atoms with Crippen molar-refractivity contribution in [3.05, 3.63) is 12.2 Å². The molecule has 0 fully saturated rings. The van der Waals surface area contributed by atoms with Crippen LogP contribution in [0.3, 0.4) is 0 Å². The van der Waals surface area contributed by atoms with E-state index in [1.54, 1.807) is 0 Å². The fourth-order valence-electron chi connectivity index (χ4n) is 2.30. The van der Waals surface area contributed by atoms with Gasteiger partial charge in [-0.3, -0.25) is 0 Å². The number of aliphatic hydroxyl groups is 1. The van der Waals surface area contributed by atoms with Crippen LogP contribution in [0.2, 0.25) is 0 Å². The SMILES string of the molecule is CCC[C@@H](O)C[C@H](/C=C\CC(OCC)OCC)NC(=O)OC(C)(C)C. The number of carbonyl (C=O) groups excluding carboxylic acids is 1. The van der Waals surface area contributed by atoms with Gasteiger partial charge >= 0.3 is 6.09 Å². The maximum atomic E-state index is 12.0. The fraction of sp³-hybridized carbons (Fsp3) is 0.842. The van der Waals surface area contributed by atoms with Crippen LogP contribution in [-0.2, 0) is 14.2 Å². The third-order valence-electron chi connectivity index (χ3n) is 3.25. The van der Waals surface area contributed by atoms with Crippen LogP contribution in [-0.4, -0.2) is 48.5 Å².